The number of aromatic amines is 1. The Kier molecular flexibility index (Phi) is 4.52. The lowest BCUT2D eigenvalue weighted by molar-refractivity contribution is 0.106. The normalized spacial score (nSPS) is 20.7. The number of pyridine rings is 1. The molecule has 0 spiro atoms. The number of aryl methyl sites for hydroxylation is 1. The first kappa shape index (κ1) is 16.9. The Morgan fingerprint density at radius 2 is 2.19 bits per heavy atom. The van der Waals surface area contributed by atoms with Gasteiger partial charge in [0.05, 0.1) is 30.6 Å². The highest BCUT2D eigenvalue weighted by Crippen LogP contribution is 2.33. The molecule has 1 saturated heterocycles. The first-order chi connectivity index (χ1) is 12.7. The predicted octanol–water partition coefficient (Wildman–Crippen LogP) is 1.87. The number of hydrogen-bond donors (Lipinski definition) is 1. The molecule has 1 aliphatic rings. The number of hydrogen-bond acceptors (Lipinski definition) is 6. The number of rotatable bonds is 5. The van der Waals surface area contributed by atoms with E-state index in [9.17, 15) is 0 Å². The third-order valence-electron chi connectivity index (χ3n) is 5.11. The summed E-state index contributed by atoms with van der Waals surface area (Å²) >= 11 is 0. The zero-order valence-corrected chi connectivity index (χ0v) is 15.3. The molecule has 136 valence electrons. The zero-order valence-electron chi connectivity index (χ0n) is 15.3. The molecule has 0 radical (unpaired) electrons. The van der Waals surface area contributed by atoms with Crippen molar-refractivity contribution in [3.8, 4) is 11.3 Å². The molecule has 0 unspecified atom stereocenters. The molecule has 0 aliphatic carbocycles. The first-order valence-corrected chi connectivity index (χ1v) is 8.72. The van der Waals surface area contributed by atoms with Crippen molar-refractivity contribution in [2.75, 3.05) is 13.7 Å². The number of imidazole rings is 1. The van der Waals surface area contributed by atoms with Crippen molar-refractivity contribution in [2.45, 2.75) is 32.0 Å². The van der Waals surface area contributed by atoms with Gasteiger partial charge in [-0.2, -0.15) is 0 Å². The van der Waals surface area contributed by atoms with Gasteiger partial charge in [0.2, 0.25) is 0 Å². The van der Waals surface area contributed by atoms with Crippen LogP contribution in [0.4, 0.5) is 0 Å². The van der Waals surface area contributed by atoms with E-state index in [1.807, 2.05) is 43.1 Å². The van der Waals surface area contributed by atoms with Crippen molar-refractivity contribution >= 4 is 0 Å². The van der Waals surface area contributed by atoms with E-state index in [0.717, 1.165) is 41.7 Å². The SMILES string of the molecule is CO[C@@H]1C[C@@H](c2ncc(-c3cccnc3)[nH]2)N(Cc2nnc(C)n2C)C1. The monoisotopic (exact) mass is 353 g/mol. The lowest BCUT2D eigenvalue weighted by Crippen LogP contribution is -2.26. The van der Waals surface area contributed by atoms with Crippen LogP contribution in [0.15, 0.2) is 30.7 Å². The number of methoxy groups -OCH3 is 1. The molecule has 0 aromatic carbocycles. The highest BCUT2D eigenvalue weighted by atomic mass is 16.5. The fourth-order valence-corrected chi connectivity index (χ4v) is 3.44. The van der Waals surface area contributed by atoms with Crippen LogP contribution in [0.3, 0.4) is 0 Å². The second kappa shape index (κ2) is 6.97. The van der Waals surface area contributed by atoms with Crippen molar-refractivity contribution in [1.82, 2.24) is 34.6 Å². The van der Waals surface area contributed by atoms with Crippen molar-refractivity contribution in [2.24, 2.45) is 7.05 Å². The summed E-state index contributed by atoms with van der Waals surface area (Å²) in [6.07, 6.45) is 6.56. The van der Waals surface area contributed by atoms with E-state index in [1.165, 1.54) is 0 Å². The predicted molar refractivity (Wildman–Crippen MR) is 96.1 cm³/mol. The minimum atomic E-state index is 0.155. The van der Waals surface area contributed by atoms with Crippen molar-refractivity contribution in [3.63, 3.8) is 0 Å². The van der Waals surface area contributed by atoms with Gasteiger partial charge in [-0.25, -0.2) is 4.98 Å². The molecule has 3 aromatic heterocycles. The van der Waals surface area contributed by atoms with E-state index in [-0.39, 0.29) is 12.1 Å². The van der Waals surface area contributed by atoms with Gasteiger partial charge in [0.15, 0.2) is 0 Å². The van der Waals surface area contributed by atoms with Crippen LogP contribution in [0.2, 0.25) is 0 Å². The summed E-state index contributed by atoms with van der Waals surface area (Å²) in [6, 6.07) is 4.11. The summed E-state index contributed by atoms with van der Waals surface area (Å²) in [5, 5.41) is 8.47. The molecule has 3 aromatic rings. The molecule has 26 heavy (non-hydrogen) atoms. The summed E-state index contributed by atoms with van der Waals surface area (Å²) in [6.45, 7) is 3.52. The van der Waals surface area contributed by atoms with E-state index >= 15 is 0 Å². The molecule has 1 aliphatic heterocycles. The Morgan fingerprint density at radius 3 is 2.88 bits per heavy atom. The third kappa shape index (κ3) is 3.13. The molecule has 4 rings (SSSR count). The maximum Gasteiger partial charge on any atom is 0.146 e. The van der Waals surface area contributed by atoms with Crippen LogP contribution in [-0.4, -0.2) is 54.4 Å². The van der Waals surface area contributed by atoms with E-state index in [1.54, 1.807) is 13.3 Å². The maximum absolute atomic E-state index is 5.62. The van der Waals surface area contributed by atoms with Crippen LogP contribution in [0.5, 0.6) is 0 Å². The smallest absolute Gasteiger partial charge is 0.146 e. The van der Waals surface area contributed by atoms with Gasteiger partial charge in [0, 0.05) is 38.7 Å². The Bertz CT molecular complexity index is 873. The third-order valence-corrected chi connectivity index (χ3v) is 5.11. The molecular weight excluding hydrogens is 330 g/mol. The molecule has 0 saturated carbocycles. The minimum Gasteiger partial charge on any atom is -0.380 e. The standard InChI is InChI=1S/C18H23N7O/c1-12-22-23-17(24(12)2)11-25-10-14(26-3)7-16(25)18-20-9-15(21-18)13-5-4-6-19-8-13/h4-6,8-9,14,16H,7,10-11H2,1-3H3,(H,20,21)/t14-,16+/m1/s1. The van der Waals surface area contributed by atoms with Gasteiger partial charge in [-0.1, -0.05) is 0 Å². The summed E-state index contributed by atoms with van der Waals surface area (Å²) in [5.74, 6) is 2.81. The van der Waals surface area contributed by atoms with Gasteiger partial charge < -0.3 is 14.3 Å². The number of aromatic nitrogens is 6. The molecule has 0 amide bonds. The minimum absolute atomic E-state index is 0.155. The van der Waals surface area contributed by atoms with E-state index < -0.39 is 0 Å². The highest BCUT2D eigenvalue weighted by molar-refractivity contribution is 5.56. The molecule has 8 nitrogen and oxygen atoms in total. The van der Waals surface area contributed by atoms with Crippen LogP contribution in [0.1, 0.15) is 29.9 Å². The van der Waals surface area contributed by atoms with Crippen LogP contribution in [-0.2, 0) is 18.3 Å². The lowest BCUT2D eigenvalue weighted by atomic mass is 10.2. The zero-order chi connectivity index (χ0) is 18.1. The molecular formula is C18H23N7O. The van der Waals surface area contributed by atoms with Gasteiger partial charge in [0.25, 0.3) is 0 Å². The average molecular weight is 353 g/mol. The van der Waals surface area contributed by atoms with Crippen LogP contribution < -0.4 is 0 Å². The van der Waals surface area contributed by atoms with Crippen LogP contribution in [0, 0.1) is 6.92 Å². The Morgan fingerprint density at radius 1 is 1.31 bits per heavy atom. The first-order valence-electron chi connectivity index (χ1n) is 8.72. The summed E-state index contributed by atoms with van der Waals surface area (Å²) in [5.41, 5.74) is 2.01. The highest BCUT2D eigenvalue weighted by Gasteiger charge is 2.35. The van der Waals surface area contributed by atoms with E-state index in [2.05, 4.69) is 30.0 Å². The molecule has 8 heteroatoms. The number of H-pyrrole nitrogens is 1. The summed E-state index contributed by atoms with van der Waals surface area (Å²) in [4.78, 5) is 14.6. The second-order valence-electron chi connectivity index (χ2n) is 6.68. The number of nitrogens with one attached hydrogen (secondary N) is 1. The van der Waals surface area contributed by atoms with Gasteiger partial charge in [-0.15, -0.1) is 10.2 Å². The molecule has 1 N–H and O–H groups in total. The Hall–Kier alpha value is -2.58. The van der Waals surface area contributed by atoms with Gasteiger partial charge in [-0.05, 0) is 25.5 Å². The number of nitrogens with zero attached hydrogens (tertiary/aromatic N) is 6. The second-order valence-corrected chi connectivity index (χ2v) is 6.68. The average Bonchev–Trinajstić information content (AvgIpc) is 3.38. The van der Waals surface area contributed by atoms with Crippen molar-refractivity contribution in [1.29, 1.82) is 0 Å². The van der Waals surface area contributed by atoms with Gasteiger partial charge in [-0.3, -0.25) is 9.88 Å². The van der Waals surface area contributed by atoms with Crippen LogP contribution >= 0.6 is 0 Å². The Labute approximate surface area is 152 Å². The molecule has 1 fully saturated rings. The van der Waals surface area contributed by atoms with Crippen LogP contribution in [0.25, 0.3) is 11.3 Å². The van der Waals surface area contributed by atoms with Gasteiger partial charge >= 0.3 is 0 Å². The van der Waals surface area contributed by atoms with Crippen molar-refractivity contribution in [3.05, 3.63) is 48.2 Å². The lowest BCUT2D eigenvalue weighted by Gasteiger charge is -2.21. The number of likely N-dealkylation sites (tertiary alicyclic amines) is 1. The van der Waals surface area contributed by atoms with Gasteiger partial charge in [0.1, 0.15) is 17.5 Å². The molecule has 4 heterocycles. The largest absolute Gasteiger partial charge is 0.380 e. The van der Waals surface area contributed by atoms with E-state index in [4.69, 9.17) is 4.74 Å². The number of ether oxygens (including phenoxy) is 1. The fraction of sp³-hybridized carbons (Fsp3) is 0.444. The molecule has 0 bridgehead atoms. The molecule has 2 atom stereocenters. The van der Waals surface area contributed by atoms with Crippen molar-refractivity contribution < 1.29 is 4.74 Å². The topological polar surface area (TPSA) is 84.8 Å². The summed E-state index contributed by atoms with van der Waals surface area (Å²) < 4.78 is 7.65. The maximum atomic E-state index is 5.62. The van der Waals surface area contributed by atoms with E-state index in [0.29, 0.717) is 6.54 Å². The Balaban J connectivity index is 1.59. The fourth-order valence-electron chi connectivity index (χ4n) is 3.44. The quantitative estimate of drug-likeness (QED) is 0.754. The summed E-state index contributed by atoms with van der Waals surface area (Å²) in [7, 11) is 3.76.